The summed E-state index contributed by atoms with van der Waals surface area (Å²) in [7, 11) is 1.56. The molecule has 0 atom stereocenters. The average Bonchev–Trinajstić information content (AvgIpc) is 2.16. The van der Waals surface area contributed by atoms with E-state index in [1.54, 1.807) is 19.2 Å². The Morgan fingerprint density at radius 1 is 1.25 bits per heavy atom. The molecule has 16 heavy (non-hydrogen) atoms. The van der Waals surface area contributed by atoms with E-state index in [1.165, 1.54) is 0 Å². The Bertz CT molecular complexity index is 417. The molecule has 0 saturated heterocycles. The lowest BCUT2D eigenvalue weighted by Gasteiger charge is -2.11. The quantitative estimate of drug-likeness (QED) is 0.742. The Balaban J connectivity index is 3.00. The maximum absolute atomic E-state index is 10.9. The summed E-state index contributed by atoms with van der Waals surface area (Å²) in [4.78, 5) is 21.3. The molecular formula is C11H13NO4. The van der Waals surface area contributed by atoms with Crippen molar-refractivity contribution >= 4 is 17.6 Å². The standard InChI is InChI=1S/C11H13NO4/c1-6-4-8(12-10(13)11(14)15)5-7(2)9(6)16-3/h4-5H,1-3H3,(H,12,13)(H,14,15). The van der Waals surface area contributed by atoms with Gasteiger partial charge in [-0.25, -0.2) is 4.79 Å². The van der Waals surface area contributed by atoms with Gasteiger partial charge < -0.3 is 15.2 Å². The van der Waals surface area contributed by atoms with Crippen molar-refractivity contribution in [2.45, 2.75) is 13.8 Å². The first-order valence-electron chi connectivity index (χ1n) is 4.65. The van der Waals surface area contributed by atoms with Crippen LogP contribution in [0.3, 0.4) is 0 Å². The van der Waals surface area contributed by atoms with Crippen LogP contribution in [0.15, 0.2) is 12.1 Å². The number of ether oxygens (including phenoxy) is 1. The number of carbonyl (C=O) groups excluding carboxylic acids is 1. The molecule has 0 radical (unpaired) electrons. The van der Waals surface area contributed by atoms with Crippen molar-refractivity contribution < 1.29 is 19.4 Å². The van der Waals surface area contributed by atoms with Crippen molar-refractivity contribution in [1.29, 1.82) is 0 Å². The number of hydrogen-bond acceptors (Lipinski definition) is 3. The number of aryl methyl sites for hydroxylation is 2. The normalized spacial score (nSPS) is 9.69. The molecule has 2 N–H and O–H groups in total. The summed E-state index contributed by atoms with van der Waals surface area (Å²) >= 11 is 0. The summed E-state index contributed by atoms with van der Waals surface area (Å²) in [6, 6.07) is 3.32. The van der Waals surface area contributed by atoms with Crippen LogP contribution in [0.2, 0.25) is 0 Å². The maximum Gasteiger partial charge on any atom is 0.394 e. The highest BCUT2D eigenvalue weighted by Crippen LogP contribution is 2.26. The van der Waals surface area contributed by atoms with E-state index in [2.05, 4.69) is 5.32 Å². The number of nitrogens with one attached hydrogen (secondary N) is 1. The topological polar surface area (TPSA) is 75.6 Å². The molecule has 0 unspecified atom stereocenters. The van der Waals surface area contributed by atoms with E-state index >= 15 is 0 Å². The summed E-state index contributed by atoms with van der Waals surface area (Å²) in [6.45, 7) is 3.64. The second-order valence-corrected chi connectivity index (χ2v) is 3.40. The maximum atomic E-state index is 10.9. The van der Waals surface area contributed by atoms with Crippen LogP contribution in [0.5, 0.6) is 5.75 Å². The fraction of sp³-hybridized carbons (Fsp3) is 0.273. The number of hydrogen-bond donors (Lipinski definition) is 2. The summed E-state index contributed by atoms with van der Waals surface area (Å²) in [5.74, 6) is -1.83. The third-order valence-corrected chi connectivity index (χ3v) is 2.12. The summed E-state index contributed by atoms with van der Waals surface area (Å²) in [5.41, 5.74) is 2.12. The van der Waals surface area contributed by atoms with Gasteiger partial charge in [0, 0.05) is 5.69 Å². The van der Waals surface area contributed by atoms with Gasteiger partial charge >= 0.3 is 11.9 Å². The Morgan fingerprint density at radius 2 is 1.75 bits per heavy atom. The van der Waals surface area contributed by atoms with Crippen LogP contribution in [0, 0.1) is 13.8 Å². The van der Waals surface area contributed by atoms with Crippen LogP contribution >= 0.6 is 0 Å². The second kappa shape index (κ2) is 4.65. The zero-order valence-corrected chi connectivity index (χ0v) is 9.33. The molecule has 0 aliphatic rings. The number of methoxy groups -OCH3 is 1. The minimum absolute atomic E-state index is 0.447. The van der Waals surface area contributed by atoms with Crippen LogP contribution in [0.1, 0.15) is 11.1 Å². The first-order valence-corrected chi connectivity index (χ1v) is 4.65. The van der Waals surface area contributed by atoms with E-state index < -0.39 is 11.9 Å². The second-order valence-electron chi connectivity index (χ2n) is 3.40. The molecule has 0 aromatic heterocycles. The Morgan fingerprint density at radius 3 is 2.12 bits per heavy atom. The smallest absolute Gasteiger partial charge is 0.394 e. The Kier molecular flexibility index (Phi) is 3.50. The van der Waals surface area contributed by atoms with Gasteiger partial charge in [-0.05, 0) is 37.1 Å². The minimum atomic E-state index is -1.51. The van der Waals surface area contributed by atoms with Crippen LogP contribution in [-0.4, -0.2) is 24.1 Å². The van der Waals surface area contributed by atoms with Crippen LogP contribution < -0.4 is 10.1 Å². The molecule has 5 heteroatoms. The van der Waals surface area contributed by atoms with Gasteiger partial charge in [-0.1, -0.05) is 0 Å². The SMILES string of the molecule is COc1c(C)cc(NC(=O)C(=O)O)cc1C. The lowest BCUT2D eigenvalue weighted by molar-refractivity contribution is -0.147. The zero-order chi connectivity index (χ0) is 12.3. The highest BCUT2D eigenvalue weighted by molar-refractivity contribution is 6.36. The van der Waals surface area contributed by atoms with Gasteiger partial charge in [0.25, 0.3) is 0 Å². The highest BCUT2D eigenvalue weighted by atomic mass is 16.5. The molecule has 0 bridgehead atoms. The van der Waals surface area contributed by atoms with Crippen molar-refractivity contribution in [3.8, 4) is 5.75 Å². The lowest BCUT2D eigenvalue weighted by atomic mass is 10.1. The van der Waals surface area contributed by atoms with Crippen LogP contribution in [0.4, 0.5) is 5.69 Å². The molecule has 86 valence electrons. The number of rotatable bonds is 2. The van der Waals surface area contributed by atoms with Gasteiger partial charge in [-0.15, -0.1) is 0 Å². The van der Waals surface area contributed by atoms with Gasteiger partial charge in [-0.3, -0.25) is 4.79 Å². The fourth-order valence-corrected chi connectivity index (χ4v) is 1.53. The molecule has 0 saturated carbocycles. The summed E-state index contributed by atoms with van der Waals surface area (Å²) < 4.78 is 5.15. The number of carboxylic acids is 1. The highest BCUT2D eigenvalue weighted by Gasteiger charge is 2.12. The van der Waals surface area contributed by atoms with E-state index in [0.29, 0.717) is 5.69 Å². The van der Waals surface area contributed by atoms with E-state index in [0.717, 1.165) is 16.9 Å². The van der Waals surface area contributed by atoms with E-state index in [1.807, 2.05) is 13.8 Å². The summed E-state index contributed by atoms with van der Waals surface area (Å²) in [6.07, 6.45) is 0. The first-order chi connectivity index (χ1) is 7.45. The van der Waals surface area contributed by atoms with Crippen LogP contribution in [-0.2, 0) is 9.59 Å². The number of carbonyl (C=O) groups is 2. The third-order valence-electron chi connectivity index (χ3n) is 2.12. The lowest BCUT2D eigenvalue weighted by Crippen LogP contribution is -2.21. The molecule has 0 aliphatic carbocycles. The fourth-order valence-electron chi connectivity index (χ4n) is 1.53. The monoisotopic (exact) mass is 223 g/mol. The van der Waals surface area contributed by atoms with E-state index in [-0.39, 0.29) is 0 Å². The number of aliphatic carboxylic acids is 1. The minimum Gasteiger partial charge on any atom is -0.496 e. The number of carboxylic acid groups (broad SMARTS) is 1. The van der Waals surface area contributed by atoms with Crippen molar-refractivity contribution in [3.05, 3.63) is 23.3 Å². The van der Waals surface area contributed by atoms with Gasteiger partial charge in [0.15, 0.2) is 0 Å². The van der Waals surface area contributed by atoms with Crippen molar-refractivity contribution in [2.24, 2.45) is 0 Å². The number of benzene rings is 1. The van der Waals surface area contributed by atoms with E-state index in [9.17, 15) is 9.59 Å². The van der Waals surface area contributed by atoms with Gasteiger partial charge in [-0.2, -0.15) is 0 Å². The molecule has 1 amide bonds. The predicted molar refractivity (Wildman–Crippen MR) is 58.7 cm³/mol. The molecule has 5 nitrogen and oxygen atoms in total. The van der Waals surface area contributed by atoms with Crippen molar-refractivity contribution in [1.82, 2.24) is 0 Å². The molecule has 0 spiro atoms. The average molecular weight is 223 g/mol. The molecule has 0 aliphatic heterocycles. The van der Waals surface area contributed by atoms with Gasteiger partial charge in [0.05, 0.1) is 7.11 Å². The molecule has 0 heterocycles. The molecule has 0 fully saturated rings. The van der Waals surface area contributed by atoms with E-state index in [4.69, 9.17) is 9.84 Å². The third kappa shape index (κ3) is 2.50. The largest absolute Gasteiger partial charge is 0.496 e. The van der Waals surface area contributed by atoms with Crippen LogP contribution in [0.25, 0.3) is 0 Å². The summed E-state index contributed by atoms with van der Waals surface area (Å²) in [5, 5.41) is 10.7. The van der Waals surface area contributed by atoms with Gasteiger partial charge in [0.1, 0.15) is 5.75 Å². The molecule has 1 aromatic rings. The predicted octanol–water partition coefficient (Wildman–Crippen LogP) is 1.34. The molecule has 1 rings (SSSR count). The molecule has 1 aromatic carbocycles. The van der Waals surface area contributed by atoms with Crippen molar-refractivity contribution in [2.75, 3.05) is 12.4 Å². The number of amides is 1. The Hall–Kier alpha value is -2.04. The van der Waals surface area contributed by atoms with Crippen molar-refractivity contribution in [3.63, 3.8) is 0 Å². The van der Waals surface area contributed by atoms with Gasteiger partial charge in [0.2, 0.25) is 0 Å². The Labute approximate surface area is 93.0 Å². The zero-order valence-electron chi connectivity index (χ0n) is 9.33. The number of anilines is 1. The molecular weight excluding hydrogens is 210 g/mol. The first kappa shape index (κ1) is 12.0.